The van der Waals surface area contributed by atoms with E-state index in [2.05, 4.69) is 5.32 Å². The Kier molecular flexibility index (Phi) is 5.69. The van der Waals surface area contributed by atoms with Gasteiger partial charge in [-0.2, -0.15) is 13.2 Å². The Balaban J connectivity index is 1.80. The molecule has 5 nitrogen and oxygen atoms in total. The molecule has 8 heteroatoms. The van der Waals surface area contributed by atoms with Crippen LogP contribution in [0.1, 0.15) is 30.1 Å². The van der Waals surface area contributed by atoms with Gasteiger partial charge in [0.15, 0.2) is 0 Å². The van der Waals surface area contributed by atoms with Crippen molar-refractivity contribution in [1.29, 1.82) is 0 Å². The average molecular weight is 344 g/mol. The van der Waals surface area contributed by atoms with Gasteiger partial charge in [-0.3, -0.25) is 9.59 Å². The smallest absolute Gasteiger partial charge is 0.405 e. The van der Waals surface area contributed by atoms with Crippen molar-refractivity contribution in [2.75, 3.05) is 13.2 Å². The first-order chi connectivity index (χ1) is 11.2. The minimum Gasteiger partial charge on any atom is -0.493 e. The van der Waals surface area contributed by atoms with Gasteiger partial charge in [0.1, 0.15) is 18.3 Å². The second kappa shape index (κ2) is 7.55. The number of carbonyl (C=O) groups excluding carboxylic acids is 2. The summed E-state index contributed by atoms with van der Waals surface area (Å²) in [5.74, 6) is -0.179. The van der Waals surface area contributed by atoms with Crippen molar-refractivity contribution < 1.29 is 27.5 Å². The molecule has 2 N–H and O–H groups in total. The van der Waals surface area contributed by atoms with Crippen molar-refractivity contribution in [3.05, 3.63) is 29.8 Å². The molecule has 24 heavy (non-hydrogen) atoms. The fourth-order valence-electron chi connectivity index (χ4n) is 1.89. The van der Waals surface area contributed by atoms with Gasteiger partial charge in [-0.1, -0.05) is 0 Å². The highest BCUT2D eigenvalue weighted by Gasteiger charge is 2.29. The van der Waals surface area contributed by atoms with Crippen molar-refractivity contribution in [1.82, 2.24) is 10.6 Å². The molecule has 0 aliphatic heterocycles. The molecule has 0 aromatic heterocycles. The molecule has 132 valence electrons. The topological polar surface area (TPSA) is 67.4 Å². The van der Waals surface area contributed by atoms with Crippen LogP contribution in [0.25, 0.3) is 0 Å². The van der Waals surface area contributed by atoms with Gasteiger partial charge in [0, 0.05) is 5.56 Å². The minimum absolute atomic E-state index is 0.296. The van der Waals surface area contributed by atoms with Crippen LogP contribution in [0.2, 0.25) is 0 Å². The highest BCUT2D eigenvalue weighted by Crippen LogP contribution is 2.29. The molecule has 2 amide bonds. The second-order valence-electron chi connectivity index (χ2n) is 5.81. The lowest BCUT2D eigenvalue weighted by atomic mass is 10.2. The minimum atomic E-state index is -4.49. The first kappa shape index (κ1) is 18.1. The number of carbonyl (C=O) groups is 2. The van der Waals surface area contributed by atoms with Crippen LogP contribution < -0.4 is 15.4 Å². The van der Waals surface area contributed by atoms with Crippen molar-refractivity contribution in [2.45, 2.75) is 32.0 Å². The summed E-state index contributed by atoms with van der Waals surface area (Å²) in [5, 5.41) is 4.08. The van der Waals surface area contributed by atoms with Crippen LogP contribution in [0, 0.1) is 5.92 Å². The first-order valence-electron chi connectivity index (χ1n) is 7.63. The molecule has 1 fully saturated rings. The van der Waals surface area contributed by atoms with Crippen LogP contribution in [-0.2, 0) is 4.79 Å². The standard InChI is InChI=1S/C16H19F3N2O3/c1-10(14(22)20-9-16(17,18)19)21-15(23)12-4-6-13(7-5-12)24-8-11-2-3-11/h4-7,10-11H,2-3,8-9H2,1H3,(H,20,22)(H,21,23). The Hall–Kier alpha value is -2.25. The third-order valence-corrected chi connectivity index (χ3v) is 3.50. The Bertz CT molecular complexity index is 583. The van der Waals surface area contributed by atoms with E-state index in [1.165, 1.54) is 31.9 Å². The van der Waals surface area contributed by atoms with Gasteiger partial charge in [-0.05, 0) is 49.9 Å². The third-order valence-electron chi connectivity index (χ3n) is 3.50. The van der Waals surface area contributed by atoms with Gasteiger partial charge < -0.3 is 15.4 Å². The molecule has 1 aliphatic carbocycles. The molecule has 1 saturated carbocycles. The van der Waals surface area contributed by atoms with Crippen LogP contribution in [0.3, 0.4) is 0 Å². The molecule has 2 rings (SSSR count). The molecular formula is C16H19F3N2O3. The zero-order valence-electron chi connectivity index (χ0n) is 13.2. The Morgan fingerprint density at radius 1 is 1.25 bits per heavy atom. The molecule has 1 aliphatic rings. The summed E-state index contributed by atoms with van der Waals surface area (Å²) in [4.78, 5) is 23.5. The molecule has 0 bridgehead atoms. The molecule has 1 unspecified atom stereocenters. The number of ether oxygens (including phenoxy) is 1. The Labute approximate surface area is 137 Å². The van der Waals surface area contributed by atoms with Crippen molar-refractivity contribution in [3.8, 4) is 5.75 Å². The predicted molar refractivity (Wildman–Crippen MR) is 80.7 cm³/mol. The molecular weight excluding hydrogens is 325 g/mol. The molecule has 1 aromatic rings. The third kappa shape index (κ3) is 6.10. The molecule has 0 heterocycles. The Morgan fingerprint density at radius 2 is 1.88 bits per heavy atom. The fourth-order valence-corrected chi connectivity index (χ4v) is 1.89. The molecule has 0 radical (unpaired) electrons. The lowest BCUT2D eigenvalue weighted by Gasteiger charge is -2.15. The number of benzene rings is 1. The number of amides is 2. The zero-order chi connectivity index (χ0) is 17.7. The number of alkyl halides is 3. The quantitative estimate of drug-likeness (QED) is 0.797. The summed E-state index contributed by atoms with van der Waals surface area (Å²) in [7, 11) is 0. The van der Waals surface area contributed by atoms with E-state index in [1.807, 2.05) is 0 Å². The van der Waals surface area contributed by atoms with Gasteiger partial charge in [-0.15, -0.1) is 0 Å². The van der Waals surface area contributed by atoms with Gasteiger partial charge >= 0.3 is 6.18 Å². The largest absolute Gasteiger partial charge is 0.493 e. The van der Waals surface area contributed by atoms with E-state index in [9.17, 15) is 22.8 Å². The summed E-state index contributed by atoms with van der Waals surface area (Å²) < 4.78 is 41.7. The SMILES string of the molecule is CC(NC(=O)c1ccc(OCC2CC2)cc1)C(=O)NCC(F)(F)F. The van der Waals surface area contributed by atoms with Crippen LogP contribution in [0.15, 0.2) is 24.3 Å². The van der Waals surface area contributed by atoms with E-state index in [1.54, 1.807) is 17.4 Å². The monoisotopic (exact) mass is 344 g/mol. The maximum atomic E-state index is 12.0. The van der Waals surface area contributed by atoms with E-state index >= 15 is 0 Å². The normalized spacial score (nSPS) is 15.5. The summed E-state index contributed by atoms with van der Waals surface area (Å²) in [6, 6.07) is 5.29. The average Bonchev–Trinajstić information content (AvgIpc) is 3.34. The number of hydrogen-bond donors (Lipinski definition) is 2. The lowest BCUT2D eigenvalue weighted by molar-refractivity contribution is -0.139. The maximum Gasteiger partial charge on any atom is 0.405 e. The van der Waals surface area contributed by atoms with Crippen LogP contribution in [0.5, 0.6) is 5.75 Å². The number of rotatable bonds is 7. The van der Waals surface area contributed by atoms with E-state index in [4.69, 9.17) is 4.74 Å². The summed E-state index contributed by atoms with van der Waals surface area (Å²) in [6.45, 7) is 0.539. The first-order valence-corrected chi connectivity index (χ1v) is 7.63. The highest BCUT2D eigenvalue weighted by molar-refractivity contribution is 5.97. The molecule has 0 saturated heterocycles. The van der Waals surface area contributed by atoms with Gasteiger partial charge in [-0.25, -0.2) is 0 Å². The molecule has 0 spiro atoms. The summed E-state index contributed by atoms with van der Waals surface area (Å²) in [5.41, 5.74) is 0.296. The number of hydrogen-bond acceptors (Lipinski definition) is 3. The lowest BCUT2D eigenvalue weighted by Crippen LogP contribution is -2.47. The molecule has 1 atom stereocenters. The second-order valence-corrected chi connectivity index (χ2v) is 5.81. The van der Waals surface area contributed by atoms with Gasteiger partial charge in [0.2, 0.25) is 5.91 Å². The van der Waals surface area contributed by atoms with Crippen LogP contribution in [-0.4, -0.2) is 37.2 Å². The van der Waals surface area contributed by atoms with Crippen molar-refractivity contribution in [3.63, 3.8) is 0 Å². The number of halogens is 3. The Morgan fingerprint density at radius 3 is 2.42 bits per heavy atom. The molecule has 1 aromatic carbocycles. The van der Waals surface area contributed by atoms with Crippen LogP contribution in [0.4, 0.5) is 13.2 Å². The predicted octanol–water partition coefficient (Wildman–Crippen LogP) is 2.27. The number of nitrogens with one attached hydrogen (secondary N) is 2. The van der Waals surface area contributed by atoms with Gasteiger partial charge in [0.25, 0.3) is 5.91 Å². The zero-order valence-corrected chi connectivity index (χ0v) is 13.2. The van der Waals surface area contributed by atoms with Crippen molar-refractivity contribution in [2.24, 2.45) is 5.92 Å². The van der Waals surface area contributed by atoms with Crippen LogP contribution >= 0.6 is 0 Å². The van der Waals surface area contributed by atoms with Crippen molar-refractivity contribution >= 4 is 11.8 Å². The fraction of sp³-hybridized carbons (Fsp3) is 0.500. The highest BCUT2D eigenvalue weighted by atomic mass is 19.4. The summed E-state index contributed by atoms with van der Waals surface area (Å²) >= 11 is 0. The van der Waals surface area contributed by atoms with E-state index in [0.29, 0.717) is 23.8 Å². The van der Waals surface area contributed by atoms with Gasteiger partial charge in [0.05, 0.1) is 6.61 Å². The van der Waals surface area contributed by atoms with E-state index < -0.39 is 30.6 Å². The maximum absolute atomic E-state index is 12.0. The van der Waals surface area contributed by atoms with E-state index in [-0.39, 0.29) is 0 Å². The van der Waals surface area contributed by atoms with E-state index in [0.717, 1.165) is 0 Å². The summed E-state index contributed by atoms with van der Waals surface area (Å²) in [6.07, 6.45) is -2.14.